The molecule has 0 saturated carbocycles. The van der Waals surface area contributed by atoms with E-state index in [4.69, 9.17) is 0 Å². The molecule has 1 aromatic heterocycles. The Balaban J connectivity index is 1.56. The van der Waals surface area contributed by atoms with Crippen molar-refractivity contribution < 1.29 is 8.42 Å². The van der Waals surface area contributed by atoms with Crippen LogP contribution in [0, 0.1) is 13.8 Å². The molecule has 3 aromatic rings. The maximum absolute atomic E-state index is 12.6. The highest BCUT2D eigenvalue weighted by Crippen LogP contribution is 2.19. The molecular weight excluding hydrogens is 372 g/mol. The Morgan fingerprint density at radius 1 is 0.893 bits per heavy atom. The maximum atomic E-state index is 12.6. The first-order valence-electron chi connectivity index (χ1n) is 9.16. The Morgan fingerprint density at radius 3 is 2.32 bits per heavy atom. The number of benzene rings is 2. The van der Waals surface area contributed by atoms with Crippen molar-refractivity contribution in [2.45, 2.75) is 31.6 Å². The van der Waals surface area contributed by atoms with Gasteiger partial charge in [-0.2, -0.15) is 0 Å². The first kappa shape index (κ1) is 19.8. The lowest BCUT2D eigenvalue weighted by molar-refractivity contribution is 0.600. The van der Waals surface area contributed by atoms with Crippen LogP contribution in [0.2, 0.25) is 0 Å². The van der Waals surface area contributed by atoms with E-state index in [2.05, 4.69) is 32.4 Å². The molecule has 28 heavy (non-hydrogen) atoms. The van der Waals surface area contributed by atoms with E-state index in [0.29, 0.717) is 11.4 Å². The second kappa shape index (κ2) is 8.84. The average Bonchev–Trinajstić information content (AvgIpc) is 2.69. The van der Waals surface area contributed by atoms with E-state index in [1.807, 2.05) is 31.2 Å². The third-order valence-electron chi connectivity index (χ3n) is 4.33. The van der Waals surface area contributed by atoms with Crippen molar-refractivity contribution in [3.63, 3.8) is 0 Å². The summed E-state index contributed by atoms with van der Waals surface area (Å²) in [6, 6.07) is 18.9. The minimum atomic E-state index is -3.70. The number of nitrogens with one attached hydrogen (secondary N) is 2. The number of hydrogen-bond donors (Lipinski definition) is 2. The van der Waals surface area contributed by atoms with Gasteiger partial charge < -0.3 is 5.32 Å². The highest BCUT2D eigenvalue weighted by molar-refractivity contribution is 7.92. The molecule has 1 heterocycles. The van der Waals surface area contributed by atoms with Crippen molar-refractivity contribution in [3.05, 3.63) is 77.4 Å². The number of hydrogen-bond acceptors (Lipinski definition) is 5. The normalized spacial score (nSPS) is 11.2. The molecule has 0 fully saturated rings. The first-order valence-corrected chi connectivity index (χ1v) is 10.6. The summed E-state index contributed by atoms with van der Waals surface area (Å²) in [6.07, 6.45) is 1.95. The van der Waals surface area contributed by atoms with Crippen LogP contribution >= 0.6 is 0 Å². The van der Waals surface area contributed by atoms with Gasteiger partial charge in [0.2, 0.25) is 0 Å². The zero-order valence-corrected chi connectivity index (χ0v) is 16.8. The summed E-state index contributed by atoms with van der Waals surface area (Å²) in [7, 11) is -3.70. The van der Waals surface area contributed by atoms with Crippen LogP contribution in [0.25, 0.3) is 0 Å². The summed E-state index contributed by atoms with van der Waals surface area (Å²) < 4.78 is 27.7. The minimum Gasteiger partial charge on any atom is -0.369 e. The summed E-state index contributed by atoms with van der Waals surface area (Å²) >= 11 is 0. The Morgan fingerprint density at radius 2 is 1.61 bits per heavy atom. The summed E-state index contributed by atoms with van der Waals surface area (Å²) in [6.45, 7) is 4.38. The van der Waals surface area contributed by atoms with Gasteiger partial charge in [0, 0.05) is 6.54 Å². The number of aromatic nitrogens is 2. The maximum Gasteiger partial charge on any atom is 0.263 e. The van der Waals surface area contributed by atoms with Crippen molar-refractivity contribution in [3.8, 4) is 0 Å². The minimum absolute atomic E-state index is 0.191. The number of nitrogens with zero attached hydrogens (tertiary/aromatic N) is 2. The quantitative estimate of drug-likeness (QED) is 0.564. The number of sulfonamides is 1. The molecule has 0 bridgehead atoms. The molecule has 0 aliphatic heterocycles. The fraction of sp³-hybridized carbons (Fsp3) is 0.238. The van der Waals surface area contributed by atoms with Crippen LogP contribution < -0.4 is 10.0 Å². The third kappa shape index (κ3) is 5.29. The van der Waals surface area contributed by atoms with Gasteiger partial charge in [-0.3, -0.25) is 4.72 Å². The molecule has 7 heteroatoms. The Labute approximate surface area is 166 Å². The van der Waals surface area contributed by atoms with Gasteiger partial charge in [-0.25, -0.2) is 8.42 Å². The second-order valence-electron chi connectivity index (χ2n) is 6.69. The van der Waals surface area contributed by atoms with Gasteiger partial charge in [0.25, 0.3) is 10.0 Å². The lowest BCUT2D eigenvalue weighted by Crippen LogP contribution is -2.16. The molecular formula is C21H24N4O2S. The molecule has 0 spiro atoms. The molecule has 0 aliphatic carbocycles. The van der Waals surface area contributed by atoms with Gasteiger partial charge in [0.1, 0.15) is 5.82 Å². The Bertz CT molecular complexity index is 1020. The molecule has 2 N–H and O–H groups in total. The van der Waals surface area contributed by atoms with Crippen molar-refractivity contribution in [1.29, 1.82) is 0 Å². The van der Waals surface area contributed by atoms with Crippen molar-refractivity contribution in [1.82, 2.24) is 10.2 Å². The molecule has 6 nitrogen and oxygen atoms in total. The van der Waals surface area contributed by atoms with Gasteiger partial charge in [0.15, 0.2) is 5.82 Å². The van der Waals surface area contributed by atoms with Crippen molar-refractivity contribution in [2.24, 2.45) is 0 Å². The van der Waals surface area contributed by atoms with Crippen molar-refractivity contribution >= 4 is 21.7 Å². The fourth-order valence-corrected chi connectivity index (χ4v) is 4.15. The predicted octanol–water partition coefficient (Wildman–Crippen LogP) is 3.94. The van der Waals surface area contributed by atoms with Crippen LogP contribution in [0.4, 0.5) is 11.6 Å². The van der Waals surface area contributed by atoms with E-state index in [0.717, 1.165) is 24.9 Å². The Hall–Kier alpha value is -2.93. The monoisotopic (exact) mass is 396 g/mol. The molecule has 0 saturated heterocycles. The average molecular weight is 397 g/mol. The summed E-state index contributed by atoms with van der Waals surface area (Å²) in [4.78, 5) is 0.248. The van der Waals surface area contributed by atoms with Crippen LogP contribution in [0.3, 0.4) is 0 Å². The lowest BCUT2D eigenvalue weighted by Gasteiger charge is -2.11. The predicted molar refractivity (Wildman–Crippen MR) is 112 cm³/mol. The summed E-state index contributed by atoms with van der Waals surface area (Å²) in [5.41, 5.74) is 2.86. The zero-order chi connectivity index (χ0) is 20.0. The van der Waals surface area contributed by atoms with Crippen LogP contribution in [-0.2, 0) is 16.4 Å². The van der Waals surface area contributed by atoms with E-state index in [9.17, 15) is 8.42 Å². The molecule has 2 aromatic carbocycles. The Kier molecular flexibility index (Phi) is 6.26. The number of rotatable bonds is 8. The largest absolute Gasteiger partial charge is 0.369 e. The van der Waals surface area contributed by atoms with Gasteiger partial charge in [0.05, 0.1) is 4.90 Å². The molecule has 0 amide bonds. The third-order valence-corrected chi connectivity index (χ3v) is 5.82. The second-order valence-corrected chi connectivity index (χ2v) is 8.35. The van der Waals surface area contributed by atoms with Gasteiger partial charge >= 0.3 is 0 Å². The number of aryl methyl sites for hydroxylation is 3. The SMILES string of the molecule is Cc1ccc(C)c(S(=O)(=O)Nc2ccc(NCCCc3ccccc3)nn2)c1. The summed E-state index contributed by atoms with van der Waals surface area (Å²) in [5, 5.41) is 11.2. The highest BCUT2D eigenvalue weighted by Gasteiger charge is 2.17. The molecule has 0 atom stereocenters. The molecule has 0 aliphatic rings. The smallest absolute Gasteiger partial charge is 0.263 e. The topological polar surface area (TPSA) is 84.0 Å². The first-order chi connectivity index (χ1) is 13.4. The van der Waals surface area contributed by atoms with Crippen LogP contribution in [0.5, 0.6) is 0 Å². The van der Waals surface area contributed by atoms with Crippen LogP contribution in [0.15, 0.2) is 65.6 Å². The lowest BCUT2D eigenvalue weighted by atomic mass is 10.1. The number of anilines is 2. The van der Waals surface area contributed by atoms with E-state index in [1.54, 1.807) is 31.2 Å². The highest BCUT2D eigenvalue weighted by atomic mass is 32.2. The van der Waals surface area contributed by atoms with Gasteiger partial charge in [-0.15, -0.1) is 10.2 Å². The van der Waals surface area contributed by atoms with E-state index in [-0.39, 0.29) is 10.7 Å². The molecule has 0 unspecified atom stereocenters. The molecule has 0 radical (unpaired) electrons. The summed E-state index contributed by atoms with van der Waals surface area (Å²) in [5.74, 6) is 0.804. The van der Waals surface area contributed by atoms with E-state index >= 15 is 0 Å². The standard InChI is InChI=1S/C21H24N4O2S/c1-16-10-11-17(2)19(15-16)28(26,27)25-21-13-12-20(23-24-21)22-14-6-9-18-7-4-3-5-8-18/h3-5,7-8,10-13,15H,6,9,14H2,1-2H3,(H,22,23)(H,24,25). The van der Waals surface area contributed by atoms with E-state index < -0.39 is 10.0 Å². The van der Waals surface area contributed by atoms with Crippen LogP contribution in [-0.4, -0.2) is 25.2 Å². The zero-order valence-electron chi connectivity index (χ0n) is 16.0. The van der Waals surface area contributed by atoms with Crippen LogP contribution in [0.1, 0.15) is 23.1 Å². The molecule has 3 rings (SSSR count). The van der Waals surface area contributed by atoms with Crippen molar-refractivity contribution in [2.75, 3.05) is 16.6 Å². The van der Waals surface area contributed by atoms with Gasteiger partial charge in [-0.1, -0.05) is 42.5 Å². The molecule has 146 valence electrons. The van der Waals surface area contributed by atoms with Gasteiger partial charge in [-0.05, 0) is 61.6 Å². The van der Waals surface area contributed by atoms with E-state index in [1.165, 1.54) is 5.56 Å². The fourth-order valence-electron chi connectivity index (χ4n) is 2.82.